The van der Waals surface area contributed by atoms with Crippen molar-refractivity contribution in [2.45, 2.75) is 26.4 Å². The van der Waals surface area contributed by atoms with Gasteiger partial charge in [0.15, 0.2) is 0 Å². The van der Waals surface area contributed by atoms with E-state index in [9.17, 15) is 4.79 Å². The highest BCUT2D eigenvalue weighted by Gasteiger charge is 2.20. The van der Waals surface area contributed by atoms with Gasteiger partial charge < -0.3 is 10.1 Å². The number of nitrogens with one attached hydrogen (secondary N) is 1. The molecule has 0 radical (unpaired) electrons. The lowest BCUT2D eigenvalue weighted by molar-refractivity contribution is -0.145. The third-order valence-electron chi connectivity index (χ3n) is 2.40. The topological polar surface area (TPSA) is 51.2 Å². The number of hydrogen-bond donors (Lipinski definition) is 1. The van der Waals surface area contributed by atoms with Crippen molar-refractivity contribution in [2.75, 3.05) is 7.11 Å². The van der Waals surface area contributed by atoms with Gasteiger partial charge in [-0.2, -0.15) is 0 Å². The summed E-state index contributed by atoms with van der Waals surface area (Å²) in [7, 11) is 1.41. The van der Waals surface area contributed by atoms with Gasteiger partial charge in [-0.1, -0.05) is 6.92 Å². The molecule has 1 aromatic rings. The molecule has 15 heavy (non-hydrogen) atoms. The number of rotatable bonds is 5. The molecule has 2 atom stereocenters. The summed E-state index contributed by atoms with van der Waals surface area (Å²) >= 11 is 1.60. The van der Waals surface area contributed by atoms with E-state index in [2.05, 4.69) is 15.0 Å². The highest BCUT2D eigenvalue weighted by Crippen LogP contribution is 2.08. The molecule has 0 aliphatic rings. The summed E-state index contributed by atoms with van der Waals surface area (Å²) in [5.41, 5.74) is 1.80. The predicted molar refractivity (Wildman–Crippen MR) is 59.6 cm³/mol. The Balaban J connectivity index is 2.35. The molecule has 0 aliphatic carbocycles. The summed E-state index contributed by atoms with van der Waals surface area (Å²) in [5, 5.41) is 3.27. The zero-order valence-electron chi connectivity index (χ0n) is 9.19. The van der Waals surface area contributed by atoms with E-state index >= 15 is 0 Å². The van der Waals surface area contributed by atoms with Gasteiger partial charge in [-0.05, 0) is 6.92 Å². The lowest BCUT2D eigenvalue weighted by Crippen LogP contribution is -2.36. The minimum Gasteiger partial charge on any atom is -0.469 e. The second-order valence-corrected chi connectivity index (χ2v) is 4.42. The Labute approximate surface area is 93.7 Å². The van der Waals surface area contributed by atoms with Crippen molar-refractivity contribution in [3.63, 3.8) is 0 Å². The van der Waals surface area contributed by atoms with E-state index in [1.165, 1.54) is 12.0 Å². The van der Waals surface area contributed by atoms with Crippen LogP contribution in [0.5, 0.6) is 0 Å². The van der Waals surface area contributed by atoms with Gasteiger partial charge in [0, 0.05) is 23.7 Å². The third-order valence-corrected chi connectivity index (χ3v) is 3.18. The van der Waals surface area contributed by atoms with Gasteiger partial charge in [0.25, 0.3) is 0 Å². The van der Waals surface area contributed by atoms with Crippen molar-refractivity contribution in [3.8, 4) is 0 Å². The first-order valence-corrected chi connectivity index (χ1v) is 5.71. The quantitative estimate of drug-likeness (QED) is 0.775. The standard InChI is InChI=1S/C10H16N2O2S/c1-7(10(13)14-3)8(2)12-5-9-4-11-6-15-9/h4,6-8,12H,5H2,1-3H3. The van der Waals surface area contributed by atoms with E-state index in [1.807, 2.05) is 20.0 Å². The minimum atomic E-state index is -0.181. The molecule has 1 N–H and O–H groups in total. The molecule has 0 amide bonds. The van der Waals surface area contributed by atoms with Crippen molar-refractivity contribution < 1.29 is 9.53 Å². The number of aromatic nitrogens is 1. The Morgan fingerprint density at radius 3 is 2.93 bits per heavy atom. The molecule has 2 unspecified atom stereocenters. The van der Waals surface area contributed by atoms with E-state index in [-0.39, 0.29) is 17.9 Å². The van der Waals surface area contributed by atoms with Gasteiger partial charge in [0.1, 0.15) is 0 Å². The van der Waals surface area contributed by atoms with E-state index in [0.29, 0.717) is 0 Å². The molecule has 1 aromatic heterocycles. The number of esters is 1. The Morgan fingerprint density at radius 1 is 1.67 bits per heavy atom. The molecule has 0 aromatic carbocycles. The van der Waals surface area contributed by atoms with Crippen molar-refractivity contribution >= 4 is 17.3 Å². The smallest absolute Gasteiger partial charge is 0.309 e. The maximum absolute atomic E-state index is 11.2. The van der Waals surface area contributed by atoms with E-state index in [0.717, 1.165) is 6.54 Å². The second kappa shape index (κ2) is 5.82. The summed E-state index contributed by atoms with van der Waals surface area (Å²) in [6.45, 7) is 4.58. The van der Waals surface area contributed by atoms with Crippen molar-refractivity contribution in [1.29, 1.82) is 0 Å². The summed E-state index contributed by atoms with van der Waals surface area (Å²) in [6.07, 6.45) is 1.83. The normalized spacial score (nSPS) is 14.6. The molecule has 0 fully saturated rings. The van der Waals surface area contributed by atoms with Crippen molar-refractivity contribution in [2.24, 2.45) is 5.92 Å². The summed E-state index contributed by atoms with van der Waals surface area (Å²) in [5.74, 6) is -0.317. The molecular weight excluding hydrogens is 212 g/mol. The molecule has 0 saturated carbocycles. The lowest BCUT2D eigenvalue weighted by Gasteiger charge is -2.18. The fourth-order valence-corrected chi connectivity index (χ4v) is 1.70. The van der Waals surface area contributed by atoms with Gasteiger partial charge in [-0.25, -0.2) is 0 Å². The molecule has 0 bridgehead atoms. The Hall–Kier alpha value is -0.940. The first-order chi connectivity index (χ1) is 7.15. The average Bonchev–Trinajstić information content (AvgIpc) is 2.76. The van der Waals surface area contributed by atoms with E-state index < -0.39 is 0 Å². The number of hydrogen-bond acceptors (Lipinski definition) is 5. The number of ether oxygens (including phenoxy) is 1. The van der Waals surface area contributed by atoms with E-state index in [4.69, 9.17) is 0 Å². The van der Waals surface area contributed by atoms with Crippen LogP contribution >= 0.6 is 11.3 Å². The number of nitrogens with zero attached hydrogens (tertiary/aromatic N) is 1. The monoisotopic (exact) mass is 228 g/mol. The van der Waals surface area contributed by atoms with Gasteiger partial charge >= 0.3 is 5.97 Å². The maximum atomic E-state index is 11.2. The molecule has 0 aliphatic heterocycles. The number of thiazole rings is 1. The molecule has 5 heteroatoms. The van der Waals surface area contributed by atoms with Crippen LogP contribution in [0.25, 0.3) is 0 Å². The molecule has 0 saturated heterocycles. The molecule has 1 rings (SSSR count). The zero-order valence-corrected chi connectivity index (χ0v) is 10.0. The lowest BCUT2D eigenvalue weighted by atomic mass is 10.0. The predicted octanol–water partition coefficient (Wildman–Crippen LogP) is 1.43. The Bertz CT molecular complexity index is 300. The SMILES string of the molecule is COC(=O)C(C)C(C)NCc1cncs1. The molecule has 0 spiro atoms. The molecule has 4 nitrogen and oxygen atoms in total. The summed E-state index contributed by atoms with van der Waals surface area (Å²) in [4.78, 5) is 16.4. The Kier molecular flexibility index (Phi) is 4.71. The average molecular weight is 228 g/mol. The third kappa shape index (κ3) is 3.60. The van der Waals surface area contributed by atoms with Gasteiger partial charge in [-0.15, -0.1) is 11.3 Å². The summed E-state index contributed by atoms with van der Waals surface area (Å²) in [6, 6.07) is 0.0968. The first kappa shape index (κ1) is 12.1. The maximum Gasteiger partial charge on any atom is 0.309 e. The van der Waals surface area contributed by atoms with Crippen LogP contribution in [0.2, 0.25) is 0 Å². The van der Waals surface area contributed by atoms with Gasteiger partial charge in [0.05, 0.1) is 18.5 Å². The van der Waals surface area contributed by atoms with Crippen molar-refractivity contribution in [3.05, 3.63) is 16.6 Å². The van der Waals surface area contributed by atoms with Crippen molar-refractivity contribution in [1.82, 2.24) is 10.3 Å². The molecule has 84 valence electrons. The van der Waals surface area contributed by atoms with Crippen LogP contribution in [0.15, 0.2) is 11.7 Å². The Morgan fingerprint density at radius 2 is 2.40 bits per heavy atom. The fourth-order valence-electron chi connectivity index (χ4n) is 1.16. The second-order valence-electron chi connectivity index (χ2n) is 3.45. The van der Waals surface area contributed by atoms with Crippen LogP contribution in [-0.2, 0) is 16.1 Å². The van der Waals surface area contributed by atoms with Gasteiger partial charge in [0.2, 0.25) is 0 Å². The van der Waals surface area contributed by atoms with Crippen LogP contribution < -0.4 is 5.32 Å². The number of methoxy groups -OCH3 is 1. The highest BCUT2D eigenvalue weighted by atomic mass is 32.1. The fraction of sp³-hybridized carbons (Fsp3) is 0.600. The van der Waals surface area contributed by atoms with Crippen LogP contribution in [0.3, 0.4) is 0 Å². The molecule has 1 heterocycles. The molecular formula is C10H16N2O2S. The largest absolute Gasteiger partial charge is 0.469 e. The number of carbonyl (C=O) groups excluding carboxylic acids is 1. The van der Waals surface area contributed by atoms with Crippen LogP contribution in [0.1, 0.15) is 18.7 Å². The number of carbonyl (C=O) groups is 1. The highest BCUT2D eigenvalue weighted by molar-refractivity contribution is 7.09. The van der Waals surface area contributed by atoms with Gasteiger partial charge in [-0.3, -0.25) is 9.78 Å². The van der Waals surface area contributed by atoms with Crippen LogP contribution in [-0.4, -0.2) is 24.1 Å². The van der Waals surface area contributed by atoms with E-state index in [1.54, 1.807) is 16.8 Å². The first-order valence-electron chi connectivity index (χ1n) is 4.83. The zero-order chi connectivity index (χ0) is 11.3. The summed E-state index contributed by atoms with van der Waals surface area (Å²) < 4.78 is 4.68. The minimum absolute atomic E-state index is 0.0968. The van der Waals surface area contributed by atoms with Crippen LogP contribution in [0, 0.1) is 5.92 Å². The van der Waals surface area contributed by atoms with Crippen LogP contribution in [0.4, 0.5) is 0 Å².